The van der Waals surface area contributed by atoms with E-state index >= 15 is 0 Å². The van der Waals surface area contributed by atoms with E-state index in [4.69, 9.17) is 5.84 Å². The average molecular weight is 210 g/mol. The maximum absolute atomic E-state index is 11.1. The highest BCUT2D eigenvalue weighted by Gasteiger charge is 2.07. The largest absolute Gasteiger partial charge is 0.358 e. The van der Waals surface area contributed by atoms with Crippen molar-refractivity contribution in [2.75, 3.05) is 31.0 Å². The average Bonchev–Trinajstić information content (AvgIpc) is 2.28. The second kappa shape index (κ2) is 5.11. The zero-order valence-electron chi connectivity index (χ0n) is 8.69. The quantitative estimate of drug-likeness (QED) is 0.433. The maximum Gasteiger partial charge on any atom is 0.239 e. The molecule has 0 saturated heterocycles. The monoisotopic (exact) mass is 210 g/mol. The number of hydrogen-bond acceptors (Lipinski definition) is 6. The van der Waals surface area contributed by atoms with Crippen molar-refractivity contribution >= 4 is 17.5 Å². The van der Waals surface area contributed by atoms with E-state index in [1.54, 1.807) is 25.1 Å². The number of nitrogens with one attached hydrogen (secondary N) is 2. The Morgan fingerprint density at radius 3 is 2.93 bits per heavy atom. The highest BCUT2D eigenvalue weighted by molar-refractivity contribution is 5.80. The van der Waals surface area contributed by atoms with Crippen LogP contribution in [0.25, 0.3) is 0 Å². The number of nitrogens with zero attached hydrogens (tertiary/aromatic N) is 3. The molecular formula is C8H14N6O. The molecule has 7 heteroatoms. The molecular weight excluding hydrogens is 196 g/mol. The summed E-state index contributed by atoms with van der Waals surface area (Å²) >= 11 is 0. The third-order valence-electron chi connectivity index (χ3n) is 1.85. The van der Waals surface area contributed by atoms with Gasteiger partial charge in [-0.05, 0) is 0 Å². The minimum absolute atomic E-state index is 0.0848. The van der Waals surface area contributed by atoms with Crippen molar-refractivity contribution in [1.82, 2.24) is 15.3 Å². The summed E-state index contributed by atoms with van der Waals surface area (Å²) in [7, 11) is 3.35. The van der Waals surface area contributed by atoms with Gasteiger partial charge in [0, 0.05) is 20.2 Å². The van der Waals surface area contributed by atoms with Crippen LogP contribution in [0.5, 0.6) is 0 Å². The molecule has 0 saturated carbocycles. The first-order valence-electron chi connectivity index (χ1n) is 4.37. The van der Waals surface area contributed by atoms with Gasteiger partial charge >= 0.3 is 0 Å². The number of anilines is 2. The van der Waals surface area contributed by atoms with Crippen molar-refractivity contribution in [3.63, 3.8) is 0 Å². The van der Waals surface area contributed by atoms with E-state index in [2.05, 4.69) is 20.7 Å². The van der Waals surface area contributed by atoms with Crippen LogP contribution in [-0.4, -0.2) is 36.5 Å². The van der Waals surface area contributed by atoms with E-state index in [-0.39, 0.29) is 12.5 Å². The number of carbonyl (C=O) groups is 1. The van der Waals surface area contributed by atoms with E-state index in [0.717, 1.165) is 0 Å². The molecule has 15 heavy (non-hydrogen) atoms. The third-order valence-corrected chi connectivity index (χ3v) is 1.85. The van der Waals surface area contributed by atoms with Gasteiger partial charge in [-0.25, -0.2) is 15.8 Å². The minimum Gasteiger partial charge on any atom is -0.358 e. The molecule has 0 aliphatic rings. The number of aromatic nitrogens is 2. The van der Waals surface area contributed by atoms with Gasteiger partial charge in [-0.3, -0.25) is 4.79 Å². The summed E-state index contributed by atoms with van der Waals surface area (Å²) < 4.78 is 0. The SMILES string of the molecule is CNC(=O)CN(C)c1cc(NN)ncn1. The highest BCUT2D eigenvalue weighted by atomic mass is 16.1. The lowest BCUT2D eigenvalue weighted by atomic mass is 10.4. The molecule has 0 aliphatic heterocycles. The summed E-state index contributed by atoms with van der Waals surface area (Å²) in [6.07, 6.45) is 1.38. The molecule has 1 rings (SSSR count). The van der Waals surface area contributed by atoms with Crippen molar-refractivity contribution in [3.05, 3.63) is 12.4 Å². The van der Waals surface area contributed by atoms with Crippen LogP contribution in [0.2, 0.25) is 0 Å². The van der Waals surface area contributed by atoms with Gasteiger partial charge in [-0.15, -0.1) is 0 Å². The maximum atomic E-state index is 11.1. The molecule has 0 spiro atoms. The Kier molecular flexibility index (Phi) is 3.81. The highest BCUT2D eigenvalue weighted by Crippen LogP contribution is 2.10. The first kappa shape index (κ1) is 11.2. The minimum atomic E-state index is -0.0848. The van der Waals surface area contributed by atoms with E-state index < -0.39 is 0 Å². The molecule has 1 heterocycles. The number of nitrogens with two attached hydrogens (primary N) is 1. The summed E-state index contributed by atoms with van der Waals surface area (Å²) in [4.78, 5) is 20.7. The van der Waals surface area contributed by atoms with Gasteiger partial charge in [0.1, 0.15) is 18.0 Å². The number of rotatable bonds is 4. The molecule has 4 N–H and O–H groups in total. The van der Waals surface area contributed by atoms with Crippen LogP contribution >= 0.6 is 0 Å². The van der Waals surface area contributed by atoms with Crippen LogP contribution < -0.4 is 21.5 Å². The first-order chi connectivity index (χ1) is 7.17. The Balaban J connectivity index is 2.72. The number of hydrazine groups is 1. The van der Waals surface area contributed by atoms with Gasteiger partial charge in [0.2, 0.25) is 5.91 Å². The fourth-order valence-electron chi connectivity index (χ4n) is 1.01. The molecule has 1 amide bonds. The van der Waals surface area contributed by atoms with Crippen LogP contribution in [0.15, 0.2) is 12.4 Å². The fraction of sp³-hybridized carbons (Fsp3) is 0.375. The Hall–Kier alpha value is -1.89. The molecule has 0 atom stereocenters. The van der Waals surface area contributed by atoms with Gasteiger partial charge in [-0.1, -0.05) is 0 Å². The van der Waals surface area contributed by atoms with Crippen LogP contribution in [0, 0.1) is 0 Å². The van der Waals surface area contributed by atoms with Crippen molar-refractivity contribution < 1.29 is 4.79 Å². The zero-order chi connectivity index (χ0) is 11.3. The fourth-order valence-corrected chi connectivity index (χ4v) is 1.01. The van der Waals surface area contributed by atoms with Crippen LogP contribution in [0.4, 0.5) is 11.6 Å². The molecule has 7 nitrogen and oxygen atoms in total. The Morgan fingerprint density at radius 1 is 1.60 bits per heavy atom. The van der Waals surface area contributed by atoms with Crippen LogP contribution in [0.3, 0.4) is 0 Å². The molecule has 0 aromatic carbocycles. The van der Waals surface area contributed by atoms with Crippen molar-refractivity contribution in [2.24, 2.45) is 5.84 Å². The normalized spacial score (nSPS) is 9.53. The number of likely N-dealkylation sites (N-methyl/N-ethyl adjacent to an activating group) is 2. The van der Waals surface area contributed by atoms with Gasteiger partial charge in [-0.2, -0.15) is 0 Å². The summed E-state index contributed by atoms with van der Waals surface area (Å²) in [5.41, 5.74) is 2.41. The van der Waals surface area contributed by atoms with Crippen LogP contribution in [0.1, 0.15) is 0 Å². The predicted octanol–water partition coefficient (Wildman–Crippen LogP) is -1.06. The lowest BCUT2D eigenvalue weighted by molar-refractivity contribution is -0.119. The van der Waals surface area contributed by atoms with Crippen molar-refractivity contribution in [2.45, 2.75) is 0 Å². The Labute approximate surface area is 87.7 Å². The lowest BCUT2D eigenvalue weighted by Crippen LogP contribution is -2.33. The molecule has 0 radical (unpaired) electrons. The summed E-state index contributed by atoms with van der Waals surface area (Å²) in [6.45, 7) is 0.234. The van der Waals surface area contributed by atoms with Crippen molar-refractivity contribution in [1.29, 1.82) is 0 Å². The number of amides is 1. The molecule has 0 unspecified atom stereocenters. The number of nitrogen functional groups attached to an aromatic ring is 1. The van der Waals surface area contributed by atoms with Crippen LogP contribution in [-0.2, 0) is 4.79 Å². The summed E-state index contributed by atoms with van der Waals surface area (Å²) in [6, 6.07) is 1.66. The topological polar surface area (TPSA) is 96.2 Å². The van der Waals surface area contributed by atoms with E-state index in [1.165, 1.54) is 6.33 Å². The standard InChI is InChI=1S/C8H14N6O/c1-10-8(15)4-14(2)7-3-6(13-9)11-5-12-7/h3,5H,4,9H2,1-2H3,(H,10,15)(H,11,12,13). The number of hydrogen-bond donors (Lipinski definition) is 3. The second-order valence-corrected chi connectivity index (χ2v) is 2.94. The smallest absolute Gasteiger partial charge is 0.239 e. The molecule has 0 bridgehead atoms. The van der Waals surface area contributed by atoms with Gasteiger partial charge < -0.3 is 15.6 Å². The Morgan fingerprint density at radius 2 is 2.33 bits per heavy atom. The van der Waals surface area contributed by atoms with Gasteiger partial charge in [0.25, 0.3) is 0 Å². The predicted molar refractivity (Wildman–Crippen MR) is 57.2 cm³/mol. The Bertz CT molecular complexity index is 342. The van der Waals surface area contributed by atoms with Gasteiger partial charge in [0.05, 0.1) is 6.54 Å². The lowest BCUT2D eigenvalue weighted by Gasteiger charge is -2.16. The molecule has 1 aromatic heterocycles. The summed E-state index contributed by atoms with van der Waals surface area (Å²) in [5, 5.41) is 2.53. The molecule has 0 fully saturated rings. The second-order valence-electron chi connectivity index (χ2n) is 2.94. The third kappa shape index (κ3) is 3.06. The molecule has 82 valence electrons. The van der Waals surface area contributed by atoms with E-state index in [1.807, 2.05) is 0 Å². The van der Waals surface area contributed by atoms with Gasteiger partial charge in [0.15, 0.2) is 0 Å². The van der Waals surface area contributed by atoms with E-state index in [0.29, 0.717) is 11.6 Å². The molecule has 1 aromatic rings. The number of carbonyl (C=O) groups excluding carboxylic acids is 1. The zero-order valence-corrected chi connectivity index (χ0v) is 8.69. The van der Waals surface area contributed by atoms with Crippen molar-refractivity contribution in [3.8, 4) is 0 Å². The van der Waals surface area contributed by atoms with E-state index in [9.17, 15) is 4.79 Å². The summed E-state index contributed by atoms with van der Waals surface area (Å²) in [5.74, 6) is 6.25. The first-order valence-corrected chi connectivity index (χ1v) is 4.37. The molecule has 0 aliphatic carbocycles.